The predicted octanol–water partition coefficient (Wildman–Crippen LogP) is 15.8. The number of hydrogen-bond donors (Lipinski definition) is 0. The van der Waals surface area contributed by atoms with E-state index < -0.39 is 6.10 Å². The molecule has 0 heterocycles. The lowest BCUT2D eigenvalue weighted by atomic mass is 10.0. The number of carbonyl (C=O) groups excluding carboxylic acids is 3. The molecule has 332 valence electrons. The Morgan fingerprint density at radius 1 is 0.339 bits per heavy atom. The number of ether oxygens (including phenoxy) is 3. The van der Waals surface area contributed by atoms with Gasteiger partial charge in [0.1, 0.15) is 13.2 Å². The van der Waals surface area contributed by atoms with Crippen molar-refractivity contribution in [2.75, 3.05) is 13.2 Å². The van der Waals surface area contributed by atoms with Crippen LogP contribution < -0.4 is 0 Å². The third-order valence-electron chi connectivity index (χ3n) is 11.2. The smallest absolute Gasteiger partial charge is 0.306 e. The van der Waals surface area contributed by atoms with Crippen LogP contribution in [-0.4, -0.2) is 37.2 Å². The highest BCUT2D eigenvalue weighted by molar-refractivity contribution is 5.71. The van der Waals surface area contributed by atoms with Crippen LogP contribution in [0, 0.1) is 11.8 Å². The second kappa shape index (κ2) is 43.0. The fourth-order valence-corrected chi connectivity index (χ4v) is 7.46. The number of rotatable bonds is 44. The monoisotopic (exact) mass is 793 g/mol. The third-order valence-corrected chi connectivity index (χ3v) is 11.2. The van der Waals surface area contributed by atoms with Gasteiger partial charge >= 0.3 is 17.9 Å². The molecule has 0 fully saturated rings. The molecule has 0 bridgehead atoms. The molecule has 0 amide bonds. The Kier molecular flexibility index (Phi) is 41.8. The predicted molar refractivity (Wildman–Crippen MR) is 238 cm³/mol. The van der Waals surface area contributed by atoms with Gasteiger partial charge in [0.25, 0.3) is 0 Å². The van der Waals surface area contributed by atoms with E-state index in [1.807, 2.05) is 0 Å². The summed E-state index contributed by atoms with van der Waals surface area (Å²) in [6.07, 6.45) is 42.3. The van der Waals surface area contributed by atoms with Crippen LogP contribution in [0.3, 0.4) is 0 Å². The summed E-state index contributed by atoms with van der Waals surface area (Å²) in [5.41, 5.74) is 0. The average Bonchev–Trinajstić information content (AvgIpc) is 3.16. The molecular weight excluding hydrogens is 697 g/mol. The van der Waals surface area contributed by atoms with Crippen LogP contribution in [0.1, 0.15) is 272 Å². The van der Waals surface area contributed by atoms with Gasteiger partial charge in [-0.25, -0.2) is 0 Å². The first-order valence-electron chi connectivity index (χ1n) is 24.7. The molecule has 6 heteroatoms. The molecule has 0 saturated heterocycles. The lowest BCUT2D eigenvalue weighted by molar-refractivity contribution is -0.167. The van der Waals surface area contributed by atoms with Crippen molar-refractivity contribution in [3.63, 3.8) is 0 Å². The summed E-state index contributed by atoms with van der Waals surface area (Å²) in [6.45, 7) is 11.3. The van der Waals surface area contributed by atoms with Crippen molar-refractivity contribution in [3.8, 4) is 0 Å². The number of esters is 3. The number of carbonyl (C=O) groups is 3. The fourth-order valence-electron chi connectivity index (χ4n) is 7.46. The van der Waals surface area contributed by atoms with Crippen LogP contribution in [0.4, 0.5) is 0 Å². The van der Waals surface area contributed by atoms with E-state index in [0.29, 0.717) is 19.3 Å². The minimum absolute atomic E-state index is 0.0644. The van der Waals surface area contributed by atoms with Crippen molar-refractivity contribution >= 4 is 17.9 Å². The lowest BCUT2D eigenvalue weighted by Gasteiger charge is -2.18. The van der Waals surface area contributed by atoms with Gasteiger partial charge in [-0.3, -0.25) is 14.4 Å². The molecular formula is C50H96O6. The Morgan fingerprint density at radius 2 is 0.589 bits per heavy atom. The summed E-state index contributed by atoms with van der Waals surface area (Å²) in [7, 11) is 0. The van der Waals surface area contributed by atoms with Gasteiger partial charge in [-0.2, -0.15) is 0 Å². The Labute approximate surface area is 348 Å². The lowest BCUT2D eigenvalue weighted by Crippen LogP contribution is -2.30. The molecule has 0 spiro atoms. The van der Waals surface area contributed by atoms with Crippen LogP contribution >= 0.6 is 0 Å². The molecule has 0 aromatic heterocycles. The van der Waals surface area contributed by atoms with E-state index in [1.165, 1.54) is 161 Å². The minimum Gasteiger partial charge on any atom is -0.462 e. The molecule has 6 nitrogen and oxygen atoms in total. The van der Waals surface area contributed by atoms with E-state index in [-0.39, 0.29) is 31.1 Å². The largest absolute Gasteiger partial charge is 0.462 e. The van der Waals surface area contributed by atoms with E-state index in [9.17, 15) is 14.4 Å². The highest BCUT2D eigenvalue weighted by Gasteiger charge is 2.19. The van der Waals surface area contributed by atoms with E-state index >= 15 is 0 Å². The summed E-state index contributed by atoms with van der Waals surface area (Å²) in [4.78, 5) is 37.8. The molecule has 0 aliphatic heterocycles. The first-order valence-corrected chi connectivity index (χ1v) is 24.7. The molecule has 0 radical (unpaired) electrons. The summed E-state index contributed by atoms with van der Waals surface area (Å²) >= 11 is 0. The van der Waals surface area contributed by atoms with Gasteiger partial charge in [-0.1, -0.05) is 234 Å². The standard InChI is InChI=1S/C50H96O6/c1-6-7-8-9-10-11-12-13-16-20-27-32-37-42-50(53)56-47(44-55-49(52)41-36-31-26-22-21-24-29-34-39-46(4)5)43-54-48(51)40-35-30-25-19-17-14-15-18-23-28-33-38-45(2)3/h45-47H,6-44H2,1-5H3/t47-/m1/s1. The van der Waals surface area contributed by atoms with E-state index in [1.54, 1.807) is 0 Å². The van der Waals surface area contributed by atoms with Crippen molar-refractivity contribution in [1.82, 2.24) is 0 Å². The quantitative estimate of drug-likeness (QED) is 0.0347. The second-order valence-corrected chi connectivity index (χ2v) is 18.1. The van der Waals surface area contributed by atoms with Gasteiger partial charge in [0.2, 0.25) is 0 Å². The first-order chi connectivity index (χ1) is 27.2. The Hall–Kier alpha value is -1.59. The Balaban J connectivity index is 4.32. The second-order valence-electron chi connectivity index (χ2n) is 18.1. The van der Waals surface area contributed by atoms with Gasteiger partial charge in [0.05, 0.1) is 0 Å². The van der Waals surface area contributed by atoms with Crippen LogP contribution in [-0.2, 0) is 28.6 Å². The Bertz CT molecular complexity index is 854. The highest BCUT2D eigenvalue weighted by Crippen LogP contribution is 2.17. The summed E-state index contributed by atoms with van der Waals surface area (Å²) in [5.74, 6) is 0.770. The molecule has 0 aliphatic carbocycles. The molecule has 0 aromatic rings. The first kappa shape index (κ1) is 54.4. The van der Waals surface area contributed by atoms with Crippen molar-refractivity contribution in [3.05, 3.63) is 0 Å². The molecule has 0 saturated carbocycles. The van der Waals surface area contributed by atoms with Gasteiger partial charge in [0, 0.05) is 19.3 Å². The third kappa shape index (κ3) is 43.5. The topological polar surface area (TPSA) is 78.9 Å². The van der Waals surface area contributed by atoms with Gasteiger partial charge in [-0.05, 0) is 31.1 Å². The maximum atomic E-state index is 12.7. The van der Waals surface area contributed by atoms with Crippen molar-refractivity contribution in [2.45, 2.75) is 278 Å². The highest BCUT2D eigenvalue weighted by atomic mass is 16.6. The van der Waals surface area contributed by atoms with Gasteiger partial charge in [0.15, 0.2) is 6.10 Å². The normalized spacial score (nSPS) is 12.1. The summed E-state index contributed by atoms with van der Waals surface area (Å²) < 4.78 is 16.8. The minimum atomic E-state index is -0.761. The number of unbranched alkanes of at least 4 members (excludes halogenated alkanes) is 29. The average molecular weight is 793 g/mol. The van der Waals surface area contributed by atoms with Gasteiger partial charge in [-0.15, -0.1) is 0 Å². The summed E-state index contributed by atoms with van der Waals surface area (Å²) in [6, 6.07) is 0. The zero-order valence-corrected chi connectivity index (χ0v) is 38.3. The zero-order chi connectivity index (χ0) is 41.2. The number of hydrogen-bond acceptors (Lipinski definition) is 6. The fraction of sp³-hybridized carbons (Fsp3) is 0.940. The molecule has 0 aromatic carbocycles. The van der Waals surface area contributed by atoms with Crippen LogP contribution in [0.5, 0.6) is 0 Å². The van der Waals surface area contributed by atoms with Crippen LogP contribution in [0.2, 0.25) is 0 Å². The molecule has 0 N–H and O–H groups in total. The van der Waals surface area contributed by atoms with Crippen molar-refractivity contribution < 1.29 is 28.6 Å². The van der Waals surface area contributed by atoms with E-state index in [2.05, 4.69) is 34.6 Å². The Morgan fingerprint density at radius 3 is 0.875 bits per heavy atom. The van der Waals surface area contributed by atoms with Crippen molar-refractivity contribution in [1.29, 1.82) is 0 Å². The van der Waals surface area contributed by atoms with E-state index in [0.717, 1.165) is 69.6 Å². The van der Waals surface area contributed by atoms with Crippen LogP contribution in [0.25, 0.3) is 0 Å². The van der Waals surface area contributed by atoms with Crippen molar-refractivity contribution in [2.24, 2.45) is 11.8 Å². The molecule has 0 unspecified atom stereocenters. The SMILES string of the molecule is CCCCCCCCCCCCCCCC(=O)O[C@H](COC(=O)CCCCCCCCCCCCCC(C)C)COC(=O)CCCCCCCCCCC(C)C. The molecule has 1 atom stereocenters. The van der Waals surface area contributed by atoms with Crippen LogP contribution in [0.15, 0.2) is 0 Å². The summed E-state index contributed by atoms with van der Waals surface area (Å²) in [5, 5.41) is 0. The zero-order valence-electron chi connectivity index (χ0n) is 38.3. The molecule has 0 rings (SSSR count). The molecule has 56 heavy (non-hydrogen) atoms. The van der Waals surface area contributed by atoms with Gasteiger partial charge < -0.3 is 14.2 Å². The van der Waals surface area contributed by atoms with E-state index in [4.69, 9.17) is 14.2 Å². The maximum Gasteiger partial charge on any atom is 0.306 e. The molecule has 0 aliphatic rings. The maximum absolute atomic E-state index is 12.7.